The predicted molar refractivity (Wildman–Crippen MR) is 97.1 cm³/mol. The third-order valence-electron chi connectivity index (χ3n) is 5.21. The maximum atomic E-state index is 13.2. The van der Waals surface area contributed by atoms with Gasteiger partial charge in [-0.2, -0.15) is 4.31 Å². The summed E-state index contributed by atoms with van der Waals surface area (Å²) < 4.78 is 33.2. The first-order valence-electron chi connectivity index (χ1n) is 8.30. The molecular formula is C17H22ClN3O3S. The molecule has 1 aromatic carbocycles. The largest absolute Gasteiger partial charge is 0.356 e. The summed E-state index contributed by atoms with van der Waals surface area (Å²) in [4.78, 5) is 0.273. The highest BCUT2D eigenvalue weighted by atomic mass is 35.5. The van der Waals surface area contributed by atoms with Crippen LogP contribution in [0.4, 0.5) is 0 Å². The summed E-state index contributed by atoms with van der Waals surface area (Å²) in [5.74, 6) is 0.466. The zero-order valence-corrected chi connectivity index (χ0v) is 15.6. The van der Waals surface area contributed by atoms with E-state index >= 15 is 0 Å². The molecule has 6 nitrogen and oxygen atoms in total. The van der Waals surface area contributed by atoms with E-state index in [1.165, 1.54) is 6.20 Å². The first-order chi connectivity index (χ1) is 11.6. The Morgan fingerprint density at radius 2 is 1.84 bits per heavy atom. The van der Waals surface area contributed by atoms with Crippen LogP contribution in [0.5, 0.6) is 0 Å². The number of fused-ring (bicyclic) bond motifs is 2. The van der Waals surface area contributed by atoms with Gasteiger partial charge in [0.25, 0.3) is 0 Å². The van der Waals surface area contributed by atoms with Crippen LogP contribution in [0.15, 0.2) is 45.9 Å². The minimum atomic E-state index is -3.60. The van der Waals surface area contributed by atoms with Gasteiger partial charge in [-0.3, -0.25) is 0 Å². The van der Waals surface area contributed by atoms with E-state index in [4.69, 9.17) is 4.52 Å². The summed E-state index contributed by atoms with van der Waals surface area (Å²) in [5, 5.41) is 7.25. The maximum Gasteiger partial charge on any atom is 0.243 e. The van der Waals surface area contributed by atoms with Gasteiger partial charge in [-0.05, 0) is 37.8 Å². The number of benzene rings is 1. The third kappa shape index (κ3) is 3.33. The van der Waals surface area contributed by atoms with E-state index in [0.29, 0.717) is 23.4 Å². The Balaban J connectivity index is 0.00000182. The van der Waals surface area contributed by atoms with Crippen molar-refractivity contribution in [2.24, 2.45) is 0 Å². The summed E-state index contributed by atoms with van der Waals surface area (Å²) in [5.41, 5.74) is 0.554. The summed E-state index contributed by atoms with van der Waals surface area (Å²) in [7, 11) is -1.90. The molecule has 2 aliphatic rings. The van der Waals surface area contributed by atoms with Crippen LogP contribution in [0.2, 0.25) is 0 Å². The molecule has 1 N–H and O–H groups in total. The Bertz CT molecular complexity index is 813. The van der Waals surface area contributed by atoms with Gasteiger partial charge in [0.1, 0.15) is 0 Å². The number of nitrogens with one attached hydrogen (secondary N) is 1. The van der Waals surface area contributed by atoms with Crippen LogP contribution in [-0.2, 0) is 10.0 Å². The first-order valence-corrected chi connectivity index (χ1v) is 9.74. The van der Waals surface area contributed by atoms with Crippen molar-refractivity contribution < 1.29 is 12.9 Å². The molecule has 2 fully saturated rings. The van der Waals surface area contributed by atoms with Crippen molar-refractivity contribution in [1.82, 2.24) is 14.8 Å². The zero-order valence-electron chi connectivity index (χ0n) is 14.0. The third-order valence-corrected chi connectivity index (χ3v) is 7.18. The molecule has 2 bridgehead atoms. The smallest absolute Gasteiger partial charge is 0.243 e. The lowest BCUT2D eigenvalue weighted by Gasteiger charge is -2.35. The molecule has 0 amide bonds. The van der Waals surface area contributed by atoms with E-state index in [9.17, 15) is 8.42 Å². The van der Waals surface area contributed by atoms with Crippen molar-refractivity contribution in [3.8, 4) is 11.3 Å². The Morgan fingerprint density at radius 3 is 2.48 bits per heavy atom. The van der Waals surface area contributed by atoms with Gasteiger partial charge in [-0.25, -0.2) is 8.42 Å². The standard InChI is InChI=1S/C17H21N3O3S.ClH/c1-20(14-10-12-6-7-13(11-14)19-12)24(21,22)17-5-3-2-4-15(17)16-8-9-18-23-16;/h2-5,8-9,12-14,19H,6-7,10-11H2,1H3;1H. The van der Waals surface area contributed by atoms with Crippen molar-refractivity contribution in [3.05, 3.63) is 36.5 Å². The van der Waals surface area contributed by atoms with Gasteiger partial charge in [0.15, 0.2) is 5.76 Å². The fourth-order valence-corrected chi connectivity index (χ4v) is 5.50. The Morgan fingerprint density at radius 1 is 1.16 bits per heavy atom. The number of rotatable bonds is 4. The number of halogens is 1. The van der Waals surface area contributed by atoms with Gasteiger partial charge in [-0.1, -0.05) is 17.3 Å². The molecule has 0 aliphatic carbocycles. The number of sulfonamides is 1. The number of hydrogen-bond donors (Lipinski definition) is 1. The Kier molecular flexibility index (Phi) is 5.20. The molecular weight excluding hydrogens is 362 g/mol. The zero-order chi connectivity index (χ0) is 16.7. The van der Waals surface area contributed by atoms with Crippen molar-refractivity contribution in [1.29, 1.82) is 0 Å². The fraction of sp³-hybridized carbons (Fsp3) is 0.471. The highest BCUT2D eigenvalue weighted by Crippen LogP contribution is 2.34. The van der Waals surface area contributed by atoms with E-state index in [1.807, 2.05) is 6.07 Å². The number of piperidine rings is 1. The van der Waals surface area contributed by atoms with Crippen molar-refractivity contribution in [3.63, 3.8) is 0 Å². The summed E-state index contributed by atoms with van der Waals surface area (Å²) in [6.45, 7) is 0. The molecule has 0 spiro atoms. The van der Waals surface area contributed by atoms with E-state index in [1.54, 1.807) is 35.6 Å². The van der Waals surface area contributed by atoms with E-state index in [2.05, 4.69) is 10.5 Å². The van der Waals surface area contributed by atoms with Gasteiger partial charge in [0.05, 0.1) is 11.1 Å². The van der Waals surface area contributed by atoms with Gasteiger partial charge in [-0.15, -0.1) is 12.4 Å². The Hall–Kier alpha value is -1.41. The minimum absolute atomic E-state index is 0. The van der Waals surface area contributed by atoms with Crippen molar-refractivity contribution in [2.75, 3.05) is 7.05 Å². The van der Waals surface area contributed by atoms with Crippen LogP contribution in [0.1, 0.15) is 25.7 Å². The number of nitrogens with zero attached hydrogens (tertiary/aromatic N) is 2. The molecule has 8 heteroatoms. The predicted octanol–water partition coefficient (Wildman–Crippen LogP) is 2.67. The SMILES string of the molecule is CN(C1CC2CCC(C1)N2)S(=O)(=O)c1ccccc1-c1ccno1.Cl. The van der Waals surface area contributed by atoms with Crippen LogP contribution < -0.4 is 5.32 Å². The lowest BCUT2D eigenvalue weighted by molar-refractivity contribution is 0.251. The normalized spacial score (nSPS) is 25.8. The summed E-state index contributed by atoms with van der Waals surface area (Å²) >= 11 is 0. The first kappa shape index (κ1) is 18.4. The van der Waals surface area contributed by atoms with Crippen LogP contribution >= 0.6 is 12.4 Å². The molecule has 3 heterocycles. The van der Waals surface area contributed by atoms with E-state index in [-0.39, 0.29) is 23.3 Å². The maximum absolute atomic E-state index is 13.2. The Labute approximate surface area is 154 Å². The number of hydrogen-bond acceptors (Lipinski definition) is 5. The molecule has 2 aliphatic heterocycles. The fourth-order valence-electron chi connectivity index (χ4n) is 3.93. The molecule has 1 aromatic heterocycles. The average Bonchev–Trinajstić information content (AvgIpc) is 3.24. The number of aromatic nitrogens is 1. The second-order valence-corrected chi connectivity index (χ2v) is 8.62. The topological polar surface area (TPSA) is 75.4 Å². The van der Waals surface area contributed by atoms with Gasteiger partial charge in [0.2, 0.25) is 10.0 Å². The molecule has 25 heavy (non-hydrogen) atoms. The van der Waals surface area contributed by atoms with Gasteiger partial charge < -0.3 is 9.84 Å². The van der Waals surface area contributed by atoms with Crippen LogP contribution in [0.25, 0.3) is 11.3 Å². The van der Waals surface area contributed by atoms with Crippen molar-refractivity contribution >= 4 is 22.4 Å². The molecule has 2 atom stereocenters. The van der Waals surface area contributed by atoms with Gasteiger partial charge >= 0.3 is 0 Å². The highest BCUT2D eigenvalue weighted by molar-refractivity contribution is 7.89. The highest BCUT2D eigenvalue weighted by Gasteiger charge is 2.39. The van der Waals surface area contributed by atoms with E-state index < -0.39 is 10.0 Å². The van der Waals surface area contributed by atoms with Crippen LogP contribution in [-0.4, -0.2) is 43.1 Å². The summed E-state index contributed by atoms with van der Waals surface area (Å²) in [6, 6.07) is 9.54. The molecule has 0 saturated carbocycles. The minimum Gasteiger partial charge on any atom is -0.356 e. The van der Waals surface area contributed by atoms with E-state index in [0.717, 1.165) is 25.7 Å². The van der Waals surface area contributed by atoms with Crippen molar-refractivity contribution in [2.45, 2.75) is 48.7 Å². The molecule has 136 valence electrons. The van der Waals surface area contributed by atoms with Crippen LogP contribution in [0, 0.1) is 0 Å². The van der Waals surface area contributed by atoms with Gasteiger partial charge in [0, 0.05) is 36.8 Å². The lowest BCUT2D eigenvalue weighted by Crippen LogP contribution is -2.48. The second kappa shape index (κ2) is 7.07. The molecule has 2 unspecified atom stereocenters. The summed E-state index contributed by atoms with van der Waals surface area (Å²) in [6.07, 6.45) is 5.55. The molecule has 2 saturated heterocycles. The molecule has 0 radical (unpaired) electrons. The monoisotopic (exact) mass is 383 g/mol. The van der Waals surface area contributed by atoms with Crippen LogP contribution in [0.3, 0.4) is 0 Å². The molecule has 4 rings (SSSR count). The average molecular weight is 384 g/mol. The lowest BCUT2D eigenvalue weighted by atomic mass is 10.0. The second-order valence-electron chi connectivity index (χ2n) is 6.66. The molecule has 2 aromatic rings. The quantitative estimate of drug-likeness (QED) is 0.878.